The van der Waals surface area contributed by atoms with Gasteiger partial charge in [-0.25, -0.2) is 9.18 Å². The number of amides is 2. The van der Waals surface area contributed by atoms with Gasteiger partial charge >= 0.3 is 6.03 Å². The van der Waals surface area contributed by atoms with Gasteiger partial charge in [0.05, 0.1) is 0 Å². The zero-order valence-corrected chi connectivity index (χ0v) is 16.6. The Bertz CT molecular complexity index is 966. The van der Waals surface area contributed by atoms with Crippen molar-refractivity contribution in [2.24, 2.45) is 0 Å². The summed E-state index contributed by atoms with van der Waals surface area (Å²) < 4.78 is 19.2. The van der Waals surface area contributed by atoms with E-state index < -0.39 is 0 Å². The molecule has 6 heteroatoms. The molecule has 0 saturated carbocycles. The largest absolute Gasteiger partial charge is 0.489 e. The third kappa shape index (κ3) is 4.90. The van der Waals surface area contributed by atoms with E-state index in [1.165, 1.54) is 12.1 Å². The second-order valence-corrected chi connectivity index (χ2v) is 7.89. The quantitative estimate of drug-likeness (QED) is 0.590. The number of nitrogens with zero attached hydrogens (tertiary/aromatic N) is 1. The van der Waals surface area contributed by atoms with Gasteiger partial charge in [-0.15, -0.1) is 11.8 Å². The fourth-order valence-electron chi connectivity index (χ4n) is 3.19. The number of rotatable bonds is 5. The number of hydrogen-bond acceptors (Lipinski definition) is 3. The van der Waals surface area contributed by atoms with Crippen LogP contribution in [0.5, 0.6) is 5.75 Å². The molecule has 1 heterocycles. The van der Waals surface area contributed by atoms with E-state index in [0.29, 0.717) is 18.8 Å². The summed E-state index contributed by atoms with van der Waals surface area (Å²) in [6.07, 6.45) is 0. The van der Waals surface area contributed by atoms with Gasteiger partial charge in [-0.2, -0.15) is 0 Å². The number of hydrogen-bond donors (Lipinski definition) is 1. The average Bonchev–Trinajstić information content (AvgIpc) is 3.23. The number of thioether (sulfide) groups is 1. The maximum absolute atomic E-state index is 13.4. The van der Waals surface area contributed by atoms with Gasteiger partial charge in [0.15, 0.2) is 0 Å². The highest BCUT2D eigenvalue weighted by atomic mass is 32.2. The molecule has 4 rings (SSSR count). The minimum Gasteiger partial charge on any atom is -0.489 e. The second-order valence-electron chi connectivity index (χ2n) is 6.70. The van der Waals surface area contributed by atoms with Gasteiger partial charge in [-0.1, -0.05) is 48.5 Å². The van der Waals surface area contributed by atoms with Gasteiger partial charge in [-0.3, -0.25) is 0 Å². The first kappa shape index (κ1) is 19.3. The maximum atomic E-state index is 13.4. The molecule has 0 radical (unpaired) electrons. The summed E-state index contributed by atoms with van der Waals surface area (Å²) in [7, 11) is 0. The van der Waals surface area contributed by atoms with E-state index in [9.17, 15) is 9.18 Å². The molecule has 3 aromatic carbocycles. The molecule has 1 aliphatic heterocycles. The van der Waals surface area contributed by atoms with E-state index >= 15 is 0 Å². The van der Waals surface area contributed by atoms with Crippen LogP contribution in [0.1, 0.15) is 16.5 Å². The van der Waals surface area contributed by atoms with Gasteiger partial charge in [0.2, 0.25) is 0 Å². The fourth-order valence-corrected chi connectivity index (χ4v) is 4.44. The monoisotopic (exact) mass is 408 g/mol. The summed E-state index contributed by atoms with van der Waals surface area (Å²) in [6, 6.07) is 23.6. The van der Waals surface area contributed by atoms with Crippen LogP contribution in [0, 0.1) is 5.82 Å². The van der Waals surface area contributed by atoms with Crippen molar-refractivity contribution in [1.29, 1.82) is 0 Å². The predicted octanol–water partition coefficient (Wildman–Crippen LogP) is 5.68. The lowest BCUT2D eigenvalue weighted by atomic mass is 10.2. The van der Waals surface area contributed by atoms with Crippen molar-refractivity contribution in [3.8, 4) is 5.75 Å². The standard InChI is InChI=1S/C23H21FN2O2S/c24-19-7-4-8-20(15-19)25-23(27)26-13-14-29-22(26)18-9-11-21(12-10-18)28-16-17-5-2-1-3-6-17/h1-12,15,22H,13-14,16H2,(H,25,27)/t22-/m1/s1. The van der Waals surface area contributed by atoms with Crippen LogP contribution >= 0.6 is 11.8 Å². The third-order valence-corrected chi connectivity index (χ3v) is 5.90. The zero-order chi connectivity index (χ0) is 20.1. The topological polar surface area (TPSA) is 41.6 Å². The van der Waals surface area contributed by atoms with Crippen molar-refractivity contribution >= 4 is 23.5 Å². The molecule has 1 aliphatic rings. The minimum atomic E-state index is -0.374. The molecule has 2 amide bonds. The summed E-state index contributed by atoms with van der Waals surface area (Å²) in [6.45, 7) is 1.16. The molecule has 0 unspecified atom stereocenters. The van der Waals surface area contributed by atoms with E-state index in [1.54, 1.807) is 28.8 Å². The molecule has 0 bridgehead atoms. The lowest BCUT2D eigenvalue weighted by molar-refractivity contribution is 0.214. The Balaban J connectivity index is 1.39. The summed E-state index contributed by atoms with van der Waals surface area (Å²) in [5.41, 5.74) is 2.60. The van der Waals surface area contributed by atoms with Gasteiger partial charge in [0, 0.05) is 18.0 Å². The van der Waals surface area contributed by atoms with Crippen LogP contribution in [0.4, 0.5) is 14.9 Å². The van der Waals surface area contributed by atoms with Gasteiger partial charge < -0.3 is 15.0 Å². The van der Waals surface area contributed by atoms with Gasteiger partial charge in [0.1, 0.15) is 23.5 Å². The molecule has 1 atom stereocenters. The highest BCUT2D eigenvalue weighted by molar-refractivity contribution is 7.99. The van der Waals surface area contributed by atoms with Crippen molar-refractivity contribution < 1.29 is 13.9 Å². The molecule has 1 saturated heterocycles. The summed E-state index contributed by atoms with van der Waals surface area (Å²) in [5.74, 6) is 1.27. The minimum absolute atomic E-state index is 0.0771. The molecule has 1 fully saturated rings. The molecule has 29 heavy (non-hydrogen) atoms. The van der Waals surface area contributed by atoms with Crippen LogP contribution in [0.15, 0.2) is 78.9 Å². The smallest absolute Gasteiger partial charge is 0.323 e. The first-order valence-corrected chi connectivity index (χ1v) is 10.5. The number of halogens is 1. The Morgan fingerprint density at radius 2 is 1.86 bits per heavy atom. The second kappa shape index (κ2) is 9.01. The van der Waals surface area contributed by atoms with Gasteiger partial charge in [0.25, 0.3) is 0 Å². The number of benzene rings is 3. The molecule has 3 aromatic rings. The Kier molecular flexibility index (Phi) is 6.00. The third-order valence-electron chi connectivity index (χ3n) is 4.64. The van der Waals surface area contributed by atoms with Crippen LogP contribution in [0.25, 0.3) is 0 Å². The van der Waals surface area contributed by atoms with E-state index in [0.717, 1.165) is 22.6 Å². The average molecular weight is 408 g/mol. The normalized spacial score (nSPS) is 15.9. The Hall–Kier alpha value is -2.99. The van der Waals surface area contributed by atoms with E-state index in [2.05, 4.69) is 5.32 Å². The molecule has 0 aliphatic carbocycles. The molecule has 0 spiro atoms. The molecular formula is C23H21FN2O2S. The number of urea groups is 1. The summed E-state index contributed by atoms with van der Waals surface area (Å²) >= 11 is 1.71. The summed E-state index contributed by atoms with van der Waals surface area (Å²) in [4.78, 5) is 14.5. The van der Waals surface area contributed by atoms with E-state index in [-0.39, 0.29) is 17.2 Å². The lowest BCUT2D eigenvalue weighted by Crippen LogP contribution is -2.34. The van der Waals surface area contributed by atoms with Crippen molar-refractivity contribution in [2.75, 3.05) is 17.6 Å². The fraction of sp³-hybridized carbons (Fsp3) is 0.174. The van der Waals surface area contributed by atoms with Crippen LogP contribution in [-0.2, 0) is 6.61 Å². The Labute approximate surface area is 173 Å². The number of ether oxygens (including phenoxy) is 1. The lowest BCUT2D eigenvalue weighted by Gasteiger charge is -2.24. The number of carbonyl (C=O) groups excluding carboxylic acids is 1. The number of anilines is 1. The number of nitrogens with one attached hydrogen (secondary N) is 1. The molecule has 148 valence electrons. The first-order chi connectivity index (χ1) is 14.2. The highest BCUT2D eigenvalue weighted by Crippen LogP contribution is 2.38. The van der Waals surface area contributed by atoms with Crippen molar-refractivity contribution in [3.05, 3.63) is 95.8 Å². The highest BCUT2D eigenvalue weighted by Gasteiger charge is 2.30. The molecule has 0 aromatic heterocycles. The first-order valence-electron chi connectivity index (χ1n) is 9.40. The molecular weight excluding hydrogens is 387 g/mol. The summed E-state index contributed by atoms with van der Waals surface area (Å²) in [5, 5.41) is 2.71. The SMILES string of the molecule is O=C(Nc1cccc(F)c1)N1CCS[C@@H]1c1ccc(OCc2ccccc2)cc1. The van der Waals surface area contributed by atoms with Crippen LogP contribution < -0.4 is 10.1 Å². The zero-order valence-electron chi connectivity index (χ0n) is 15.8. The molecule has 4 nitrogen and oxygen atoms in total. The van der Waals surface area contributed by atoms with Crippen molar-refractivity contribution in [1.82, 2.24) is 4.90 Å². The predicted molar refractivity (Wildman–Crippen MR) is 115 cm³/mol. The van der Waals surface area contributed by atoms with Gasteiger partial charge in [-0.05, 0) is 41.5 Å². The number of carbonyl (C=O) groups is 1. The van der Waals surface area contributed by atoms with Crippen molar-refractivity contribution in [3.63, 3.8) is 0 Å². The van der Waals surface area contributed by atoms with Crippen LogP contribution in [0.3, 0.4) is 0 Å². The van der Waals surface area contributed by atoms with E-state index in [1.807, 2.05) is 54.6 Å². The van der Waals surface area contributed by atoms with Crippen LogP contribution in [0.2, 0.25) is 0 Å². The molecule has 1 N–H and O–H groups in total. The Morgan fingerprint density at radius 3 is 2.62 bits per heavy atom. The van der Waals surface area contributed by atoms with E-state index in [4.69, 9.17) is 4.74 Å². The van der Waals surface area contributed by atoms with Crippen LogP contribution in [-0.4, -0.2) is 23.2 Å². The maximum Gasteiger partial charge on any atom is 0.323 e. The Morgan fingerprint density at radius 1 is 1.07 bits per heavy atom. The van der Waals surface area contributed by atoms with Crippen molar-refractivity contribution in [2.45, 2.75) is 12.0 Å².